The Balaban J connectivity index is 2.06. The Kier molecular flexibility index (Phi) is 10.7. The first-order valence-corrected chi connectivity index (χ1v) is 14.5. The average Bonchev–Trinajstić information content (AvgIpc) is 2.86. The van der Waals surface area contributed by atoms with Gasteiger partial charge in [0.15, 0.2) is 0 Å². The number of hydrogen-bond acceptors (Lipinski definition) is 4. The maximum absolute atomic E-state index is 14.3. The molecule has 0 saturated heterocycles. The van der Waals surface area contributed by atoms with E-state index in [2.05, 4.69) is 14.8 Å². The number of hydrogen-bond donors (Lipinski definition) is 3. The molecule has 1 unspecified atom stereocenters. The van der Waals surface area contributed by atoms with Gasteiger partial charge in [-0.3, -0.25) is 14.5 Å². The topological polar surface area (TPSA) is 108 Å². The van der Waals surface area contributed by atoms with E-state index in [1.54, 1.807) is 24.3 Å². The number of carbonyl (C=O) groups is 2. The SMILES string of the molecule is C[C@@H](NS(=O)(=O)NCCCl)C(=O)N(c1cccc(F)c1)C(C(=O)NC1CCCCC1)c1ccccc1Cl. The number of anilines is 1. The number of carbonyl (C=O) groups excluding carboxylic acids is 2. The van der Waals surface area contributed by atoms with Crippen molar-refractivity contribution in [1.82, 2.24) is 14.8 Å². The van der Waals surface area contributed by atoms with Crippen molar-refractivity contribution in [3.05, 3.63) is 64.9 Å². The predicted octanol–water partition coefficient (Wildman–Crippen LogP) is 4.05. The van der Waals surface area contributed by atoms with Gasteiger partial charge in [-0.05, 0) is 44.0 Å². The molecule has 1 aliphatic rings. The van der Waals surface area contributed by atoms with Crippen LogP contribution in [0.5, 0.6) is 0 Å². The molecule has 2 amide bonds. The van der Waals surface area contributed by atoms with Gasteiger partial charge in [0, 0.05) is 34.7 Å². The third-order valence-corrected chi connectivity index (χ3v) is 7.85. The van der Waals surface area contributed by atoms with Crippen molar-refractivity contribution in [3.8, 4) is 0 Å². The van der Waals surface area contributed by atoms with Gasteiger partial charge >= 0.3 is 0 Å². The first-order chi connectivity index (χ1) is 17.6. The molecule has 2 aromatic carbocycles. The summed E-state index contributed by atoms with van der Waals surface area (Å²) in [5.41, 5.74) is 0.402. The first-order valence-electron chi connectivity index (χ1n) is 12.1. The molecule has 0 heterocycles. The van der Waals surface area contributed by atoms with Crippen LogP contribution in [-0.2, 0) is 19.8 Å². The van der Waals surface area contributed by atoms with Gasteiger partial charge in [-0.1, -0.05) is 55.1 Å². The second-order valence-corrected chi connectivity index (χ2v) is 11.2. The van der Waals surface area contributed by atoms with Gasteiger partial charge in [-0.15, -0.1) is 11.6 Å². The number of halogens is 3. The van der Waals surface area contributed by atoms with Crippen LogP contribution in [0.25, 0.3) is 0 Å². The number of rotatable bonds is 11. The van der Waals surface area contributed by atoms with Crippen LogP contribution in [0.3, 0.4) is 0 Å². The first kappa shape index (κ1) is 29.3. The molecule has 2 aromatic rings. The lowest BCUT2D eigenvalue weighted by molar-refractivity contribution is -0.127. The fraction of sp³-hybridized carbons (Fsp3) is 0.440. The standard InChI is InChI=1S/C25H31Cl2FN4O4S/c1-17(31-37(35,36)29-15-14-26)25(34)32(20-11-7-8-18(28)16-20)23(21-12-5-6-13-22(21)27)24(33)30-19-9-3-2-4-10-19/h5-8,11-13,16-17,19,23,29,31H,2-4,9-10,14-15H2,1H3,(H,30,33)/t17-,23?/m1/s1. The van der Waals surface area contributed by atoms with Gasteiger partial charge in [0.1, 0.15) is 11.9 Å². The Labute approximate surface area is 227 Å². The van der Waals surface area contributed by atoms with Crippen molar-refractivity contribution in [2.24, 2.45) is 0 Å². The summed E-state index contributed by atoms with van der Waals surface area (Å²) in [5.74, 6) is -1.86. The van der Waals surface area contributed by atoms with Crippen molar-refractivity contribution in [1.29, 1.82) is 0 Å². The molecule has 0 spiro atoms. The van der Waals surface area contributed by atoms with Gasteiger partial charge in [-0.2, -0.15) is 13.1 Å². The van der Waals surface area contributed by atoms with Crippen molar-refractivity contribution in [3.63, 3.8) is 0 Å². The van der Waals surface area contributed by atoms with Crippen LogP contribution in [0.1, 0.15) is 50.6 Å². The zero-order valence-corrected chi connectivity index (χ0v) is 22.8. The molecule has 1 fully saturated rings. The molecule has 37 heavy (non-hydrogen) atoms. The van der Waals surface area contributed by atoms with Crippen LogP contribution in [0.15, 0.2) is 48.5 Å². The lowest BCUT2D eigenvalue weighted by atomic mass is 9.94. The van der Waals surface area contributed by atoms with E-state index in [9.17, 15) is 22.4 Å². The highest BCUT2D eigenvalue weighted by atomic mass is 35.5. The summed E-state index contributed by atoms with van der Waals surface area (Å²) < 4.78 is 43.6. The largest absolute Gasteiger partial charge is 0.351 e. The highest BCUT2D eigenvalue weighted by Gasteiger charge is 2.38. The van der Waals surface area contributed by atoms with E-state index in [1.165, 1.54) is 25.1 Å². The minimum absolute atomic E-state index is 0.0363. The quantitative estimate of drug-likeness (QED) is 0.353. The van der Waals surface area contributed by atoms with E-state index >= 15 is 0 Å². The Hall–Kier alpha value is -2.24. The van der Waals surface area contributed by atoms with Crippen LogP contribution >= 0.6 is 23.2 Å². The van der Waals surface area contributed by atoms with E-state index in [4.69, 9.17) is 23.2 Å². The van der Waals surface area contributed by atoms with Crippen molar-refractivity contribution >= 4 is 50.9 Å². The second-order valence-electron chi connectivity index (χ2n) is 8.88. The van der Waals surface area contributed by atoms with E-state index < -0.39 is 39.9 Å². The summed E-state index contributed by atoms with van der Waals surface area (Å²) in [7, 11) is -4.09. The van der Waals surface area contributed by atoms with Crippen LogP contribution < -0.4 is 19.7 Å². The second kappa shape index (κ2) is 13.5. The Morgan fingerprint density at radius 1 is 1.11 bits per heavy atom. The van der Waals surface area contributed by atoms with E-state index in [1.807, 2.05) is 0 Å². The Bertz CT molecular complexity index is 1190. The smallest absolute Gasteiger partial charge is 0.277 e. The Morgan fingerprint density at radius 3 is 2.46 bits per heavy atom. The van der Waals surface area contributed by atoms with Crippen LogP contribution in [0.2, 0.25) is 5.02 Å². The maximum Gasteiger partial charge on any atom is 0.277 e. The molecule has 0 aliphatic heterocycles. The van der Waals surface area contributed by atoms with E-state index in [0.717, 1.165) is 43.1 Å². The minimum atomic E-state index is -4.09. The van der Waals surface area contributed by atoms with Crippen molar-refractivity contribution in [2.75, 3.05) is 17.3 Å². The highest BCUT2D eigenvalue weighted by Crippen LogP contribution is 2.33. The average molecular weight is 574 g/mol. The molecule has 3 rings (SSSR count). The number of nitrogens with zero attached hydrogens (tertiary/aromatic N) is 1. The van der Waals surface area contributed by atoms with Gasteiger partial charge in [-0.25, -0.2) is 9.11 Å². The minimum Gasteiger partial charge on any atom is -0.351 e. The molecule has 8 nitrogen and oxygen atoms in total. The zero-order chi connectivity index (χ0) is 27.0. The summed E-state index contributed by atoms with van der Waals surface area (Å²) in [6.07, 6.45) is 4.64. The van der Waals surface area contributed by atoms with Gasteiger partial charge < -0.3 is 5.32 Å². The maximum atomic E-state index is 14.3. The Morgan fingerprint density at radius 2 is 1.81 bits per heavy atom. The number of amides is 2. The molecular weight excluding hydrogens is 542 g/mol. The molecule has 0 bridgehead atoms. The highest BCUT2D eigenvalue weighted by molar-refractivity contribution is 7.87. The molecule has 202 valence electrons. The lowest BCUT2D eigenvalue weighted by Gasteiger charge is -2.35. The molecule has 1 saturated carbocycles. The molecule has 2 atom stereocenters. The predicted molar refractivity (Wildman–Crippen MR) is 143 cm³/mol. The monoisotopic (exact) mass is 572 g/mol. The molecular formula is C25H31Cl2FN4O4S. The van der Waals surface area contributed by atoms with E-state index in [-0.39, 0.29) is 29.2 Å². The van der Waals surface area contributed by atoms with Crippen molar-refractivity contribution < 1.29 is 22.4 Å². The number of benzene rings is 2. The van der Waals surface area contributed by atoms with E-state index in [0.29, 0.717) is 5.56 Å². The molecule has 0 aromatic heterocycles. The molecule has 12 heteroatoms. The van der Waals surface area contributed by atoms with Gasteiger partial charge in [0.25, 0.3) is 10.2 Å². The van der Waals surface area contributed by atoms with Gasteiger partial charge in [0.2, 0.25) is 11.8 Å². The van der Waals surface area contributed by atoms with Gasteiger partial charge in [0.05, 0.1) is 6.04 Å². The normalized spacial score (nSPS) is 16.1. The number of nitrogens with one attached hydrogen (secondary N) is 3. The fourth-order valence-corrected chi connectivity index (χ4v) is 5.82. The summed E-state index contributed by atoms with van der Waals surface area (Å²) in [5, 5.41) is 3.26. The van der Waals surface area contributed by atoms with Crippen LogP contribution in [0.4, 0.5) is 10.1 Å². The molecule has 3 N–H and O–H groups in total. The molecule has 1 aliphatic carbocycles. The third kappa shape index (κ3) is 8.12. The summed E-state index contributed by atoms with van der Waals surface area (Å²) >= 11 is 12.1. The fourth-order valence-electron chi connectivity index (χ4n) is 4.36. The lowest BCUT2D eigenvalue weighted by Crippen LogP contribution is -2.54. The summed E-state index contributed by atoms with van der Waals surface area (Å²) in [6.45, 7) is 1.30. The van der Waals surface area contributed by atoms with Crippen molar-refractivity contribution in [2.45, 2.75) is 57.2 Å². The summed E-state index contributed by atoms with van der Waals surface area (Å²) in [6, 6.07) is 9.11. The summed E-state index contributed by atoms with van der Waals surface area (Å²) in [4.78, 5) is 28.7. The third-order valence-electron chi connectivity index (χ3n) is 6.07. The van der Waals surface area contributed by atoms with Crippen LogP contribution in [-0.4, -0.2) is 44.7 Å². The number of alkyl halides is 1. The zero-order valence-electron chi connectivity index (χ0n) is 20.4. The molecule has 0 radical (unpaired) electrons. The van der Waals surface area contributed by atoms with Crippen LogP contribution in [0, 0.1) is 5.82 Å².